The number of nitrogens with zero attached hydrogens (tertiary/aromatic N) is 2. The smallest absolute Gasteiger partial charge is 0.191 e. The minimum Gasteiger partial charge on any atom is -0.388 e. The lowest BCUT2D eigenvalue weighted by Gasteiger charge is -2.27. The second-order valence-electron chi connectivity index (χ2n) is 7.24. The maximum Gasteiger partial charge on any atom is 0.191 e. The first kappa shape index (κ1) is 24.1. The fourth-order valence-electron chi connectivity index (χ4n) is 2.71. The zero-order chi connectivity index (χ0) is 18.0. The van der Waals surface area contributed by atoms with E-state index in [9.17, 15) is 5.11 Å². The Kier molecular flexibility index (Phi) is 12.1. The van der Waals surface area contributed by atoms with E-state index in [0.29, 0.717) is 13.0 Å². The molecular weight excluding hydrogens is 427 g/mol. The lowest BCUT2D eigenvalue weighted by atomic mass is 9.93. The Hall–Kier alpha value is -0.860. The van der Waals surface area contributed by atoms with Gasteiger partial charge in [-0.2, -0.15) is 0 Å². The number of halogens is 1. The maximum atomic E-state index is 10.2. The van der Waals surface area contributed by atoms with Gasteiger partial charge in [-0.15, -0.1) is 24.0 Å². The molecule has 3 N–H and O–H groups in total. The van der Waals surface area contributed by atoms with Gasteiger partial charge in [0, 0.05) is 26.2 Å². The summed E-state index contributed by atoms with van der Waals surface area (Å²) in [6.07, 6.45) is 0.196. The first-order valence-electron chi connectivity index (χ1n) is 8.74. The number of aliphatic hydroxyl groups excluding tert-OH is 1. The van der Waals surface area contributed by atoms with E-state index in [1.165, 1.54) is 0 Å². The fraction of sp³-hybridized carbons (Fsp3) is 0.632. The molecule has 5 nitrogen and oxygen atoms in total. The van der Waals surface area contributed by atoms with Crippen LogP contribution in [0, 0.1) is 5.41 Å². The van der Waals surface area contributed by atoms with Gasteiger partial charge in [-0.25, -0.2) is 0 Å². The average Bonchev–Trinajstić information content (AvgIpc) is 2.52. The summed E-state index contributed by atoms with van der Waals surface area (Å²) in [6.45, 7) is 9.74. The van der Waals surface area contributed by atoms with Crippen LogP contribution in [0.3, 0.4) is 0 Å². The van der Waals surface area contributed by atoms with Gasteiger partial charge < -0.3 is 20.6 Å². The summed E-state index contributed by atoms with van der Waals surface area (Å²) in [5.41, 5.74) is 1.07. The Labute approximate surface area is 170 Å². The van der Waals surface area contributed by atoms with Crippen molar-refractivity contribution in [3.05, 3.63) is 35.9 Å². The van der Waals surface area contributed by atoms with Gasteiger partial charge in [-0.3, -0.25) is 4.99 Å². The highest BCUT2D eigenvalue weighted by atomic mass is 127. The molecule has 0 bridgehead atoms. The minimum atomic E-state index is -0.452. The summed E-state index contributed by atoms with van der Waals surface area (Å²) >= 11 is 0. The van der Waals surface area contributed by atoms with Crippen LogP contribution in [0.1, 0.15) is 38.9 Å². The molecule has 0 aliphatic carbocycles. The molecule has 0 fully saturated rings. The molecule has 1 atom stereocenters. The fourth-order valence-corrected chi connectivity index (χ4v) is 2.71. The van der Waals surface area contributed by atoms with E-state index in [1.54, 1.807) is 0 Å². The molecule has 0 saturated carbocycles. The number of aliphatic imine (C=N–C) groups is 1. The minimum absolute atomic E-state index is 0. The Bertz CT molecular complexity index is 491. The number of hydrogen-bond acceptors (Lipinski definition) is 3. The quantitative estimate of drug-likeness (QED) is 0.300. The molecule has 1 rings (SSSR count). The van der Waals surface area contributed by atoms with Crippen molar-refractivity contribution < 1.29 is 5.11 Å². The molecule has 0 spiro atoms. The van der Waals surface area contributed by atoms with Gasteiger partial charge in [0.2, 0.25) is 0 Å². The molecule has 6 heteroatoms. The molecule has 1 aromatic rings. The van der Waals surface area contributed by atoms with Crippen molar-refractivity contribution in [3.63, 3.8) is 0 Å². The summed E-state index contributed by atoms with van der Waals surface area (Å²) in [6, 6.07) is 9.76. The monoisotopic (exact) mass is 462 g/mol. The molecule has 144 valence electrons. The summed E-state index contributed by atoms with van der Waals surface area (Å²) in [7, 11) is 4.17. The summed E-state index contributed by atoms with van der Waals surface area (Å²) in [5.74, 6) is 0.810. The van der Waals surface area contributed by atoms with Crippen molar-refractivity contribution in [1.29, 1.82) is 0 Å². The molecule has 0 heterocycles. The number of guanidine groups is 1. The van der Waals surface area contributed by atoms with Crippen LogP contribution in [0.25, 0.3) is 0 Å². The standard InChI is InChI=1S/C19H34N4O.HI/c1-6-20-18(22-14-19(2,3)15-23(4)5)21-13-12-17(24)16-10-8-7-9-11-16;/h7-11,17,24H,6,12-15H2,1-5H3,(H2,20,21,22);1H. The summed E-state index contributed by atoms with van der Waals surface area (Å²) in [4.78, 5) is 6.88. The second kappa shape index (κ2) is 12.5. The molecular formula is C19H35IN4O. The van der Waals surface area contributed by atoms with Crippen LogP contribution >= 0.6 is 24.0 Å². The summed E-state index contributed by atoms with van der Waals surface area (Å²) < 4.78 is 0. The van der Waals surface area contributed by atoms with E-state index in [0.717, 1.165) is 31.2 Å². The van der Waals surface area contributed by atoms with Crippen molar-refractivity contribution in [2.45, 2.75) is 33.3 Å². The molecule has 0 amide bonds. The van der Waals surface area contributed by atoms with Gasteiger partial charge in [-0.05, 0) is 38.4 Å². The van der Waals surface area contributed by atoms with Crippen LogP contribution < -0.4 is 10.6 Å². The van der Waals surface area contributed by atoms with E-state index in [2.05, 4.69) is 50.4 Å². The number of benzene rings is 1. The highest BCUT2D eigenvalue weighted by molar-refractivity contribution is 14.0. The largest absolute Gasteiger partial charge is 0.388 e. The third-order valence-corrected chi connectivity index (χ3v) is 3.65. The van der Waals surface area contributed by atoms with Crippen LogP contribution in [0.15, 0.2) is 35.3 Å². The van der Waals surface area contributed by atoms with E-state index in [1.807, 2.05) is 30.3 Å². The molecule has 1 aromatic carbocycles. The van der Waals surface area contributed by atoms with Crippen molar-refractivity contribution in [2.24, 2.45) is 10.4 Å². The SMILES string of the molecule is CCNC(=NCC(C)(C)CN(C)C)NCCC(O)c1ccccc1.I. The van der Waals surface area contributed by atoms with E-state index < -0.39 is 6.10 Å². The maximum absolute atomic E-state index is 10.2. The van der Waals surface area contributed by atoms with Gasteiger partial charge in [0.15, 0.2) is 5.96 Å². The van der Waals surface area contributed by atoms with Crippen LogP contribution in [-0.2, 0) is 0 Å². The first-order chi connectivity index (χ1) is 11.3. The highest BCUT2D eigenvalue weighted by Crippen LogP contribution is 2.16. The molecule has 0 aromatic heterocycles. The van der Waals surface area contributed by atoms with E-state index in [-0.39, 0.29) is 29.4 Å². The zero-order valence-corrected chi connectivity index (χ0v) is 18.6. The lowest BCUT2D eigenvalue weighted by Crippen LogP contribution is -2.39. The molecule has 1 unspecified atom stereocenters. The summed E-state index contributed by atoms with van der Waals surface area (Å²) in [5, 5.41) is 16.8. The second-order valence-corrected chi connectivity index (χ2v) is 7.24. The van der Waals surface area contributed by atoms with Gasteiger partial charge >= 0.3 is 0 Å². The lowest BCUT2D eigenvalue weighted by molar-refractivity contribution is 0.168. The van der Waals surface area contributed by atoms with Crippen molar-refractivity contribution in [1.82, 2.24) is 15.5 Å². The molecule has 0 radical (unpaired) electrons. The van der Waals surface area contributed by atoms with Gasteiger partial charge in [0.25, 0.3) is 0 Å². The number of rotatable bonds is 9. The van der Waals surface area contributed by atoms with Crippen LogP contribution in [0.5, 0.6) is 0 Å². The van der Waals surface area contributed by atoms with Gasteiger partial charge in [-0.1, -0.05) is 44.2 Å². The Balaban J connectivity index is 0.00000576. The van der Waals surface area contributed by atoms with E-state index >= 15 is 0 Å². The van der Waals surface area contributed by atoms with Crippen LogP contribution in [-0.4, -0.2) is 56.2 Å². The number of hydrogen-bond donors (Lipinski definition) is 3. The topological polar surface area (TPSA) is 59.9 Å². The van der Waals surface area contributed by atoms with Gasteiger partial charge in [0.1, 0.15) is 0 Å². The molecule has 0 aliphatic heterocycles. The third kappa shape index (κ3) is 10.7. The van der Waals surface area contributed by atoms with Crippen molar-refractivity contribution in [3.8, 4) is 0 Å². The Morgan fingerprint density at radius 1 is 1.20 bits per heavy atom. The first-order valence-corrected chi connectivity index (χ1v) is 8.74. The third-order valence-electron chi connectivity index (χ3n) is 3.65. The molecule has 25 heavy (non-hydrogen) atoms. The predicted molar refractivity (Wildman–Crippen MR) is 118 cm³/mol. The number of nitrogens with one attached hydrogen (secondary N) is 2. The number of aliphatic hydroxyl groups is 1. The normalized spacial score (nSPS) is 13.3. The van der Waals surface area contributed by atoms with Crippen molar-refractivity contribution >= 4 is 29.9 Å². The molecule has 0 aliphatic rings. The average molecular weight is 462 g/mol. The van der Waals surface area contributed by atoms with Crippen molar-refractivity contribution in [2.75, 3.05) is 40.3 Å². The van der Waals surface area contributed by atoms with Gasteiger partial charge in [0.05, 0.1) is 6.10 Å². The van der Waals surface area contributed by atoms with Crippen LogP contribution in [0.2, 0.25) is 0 Å². The zero-order valence-electron chi connectivity index (χ0n) is 16.2. The highest BCUT2D eigenvalue weighted by Gasteiger charge is 2.18. The van der Waals surface area contributed by atoms with Crippen LogP contribution in [0.4, 0.5) is 0 Å². The Morgan fingerprint density at radius 2 is 1.84 bits per heavy atom. The Morgan fingerprint density at radius 3 is 2.40 bits per heavy atom. The molecule has 0 saturated heterocycles. The van der Waals surface area contributed by atoms with E-state index in [4.69, 9.17) is 4.99 Å². The predicted octanol–water partition coefficient (Wildman–Crippen LogP) is 2.87.